The van der Waals surface area contributed by atoms with Crippen LogP contribution in [-0.2, 0) is 6.54 Å². The van der Waals surface area contributed by atoms with E-state index in [4.69, 9.17) is 5.11 Å². The third-order valence-electron chi connectivity index (χ3n) is 4.29. The fourth-order valence-electron chi connectivity index (χ4n) is 3.03. The van der Waals surface area contributed by atoms with E-state index < -0.39 is 5.97 Å². The highest BCUT2D eigenvalue weighted by atomic mass is 79.9. The topological polar surface area (TPSA) is 49.3 Å². The van der Waals surface area contributed by atoms with Crippen molar-refractivity contribution in [1.29, 1.82) is 0 Å². The summed E-state index contributed by atoms with van der Waals surface area (Å²) in [5.41, 5.74) is 1.44. The standard InChI is InChI=1S/C16H22BrNO2/c1-2-11-5-3-4-6-15(11)18-10-13-8-7-12(16(19)20)9-14(13)17/h7-9,11,15,18H,2-6,10H2,1H3,(H,19,20). The van der Waals surface area contributed by atoms with Crippen LogP contribution < -0.4 is 5.32 Å². The van der Waals surface area contributed by atoms with Crippen LogP contribution in [0, 0.1) is 5.92 Å². The molecule has 0 amide bonds. The Morgan fingerprint density at radius 1 is 1.40 bits per heavy atom. The van der Waals surface area contributed by atoms with Gasteiger partial charge in [-0.25, -0.2) is 4.79 Å². The zero-order valence-corrected chi connectivity index (χ0v) is 13.4. The Morgan fingerprint density at radius 3 is 2.80 bits per heavy atom. The number of hydrogen-bond donors (Lipinski definition) is 2. The summed E-state index contributed by atoms with van der Waals surface area (Å²) < 4.78 is 0.869. The molecule has 0 saturated heterocycles. The Bertz CT molecular complexity index is 476. The molecule has 0 bridgehead atoms. The van der Waals surface area contributed by atoms with E-state index in [1.165, 1.54) is 32.1 Å². The highest BCUT2D eigenvalue weighted by Gasteiger charge is 2.23. The van der Waals surface area contributed by atoms with Crippen LogP contribution in [0.3, 0.4) is 0 Å². The minimum atomic E-state index is -0.886. The molecule has 2 rings (SSSR count). The number of carbonyl (C=O) groups is 1. The van der Waals surface area contributed by atoms with Gasteiger partial charge in [0, 0.05) is 17.1 Å². The van der Waals surface area contributed by atoms with E-state index in [0.29, 0.717) is 11.6 Å². The molecule has 0 spiro atoms. The van der Waals surface area contributed by atoms with Gasteiger partial charge in [0.15, 0.2) is 0 Å². The first-order valence-corrected chi connectivity index (χ1v) is 8.16. The van der Waals surface area contributed by atoms with Crippen LogP contribution >= 0.6 is 15.9 Å². The number of carboxylic acid groups (broad SMARTS) is 1. The molecule has 4 heteroatoms. The molecule has 2 N–H and O–H groups in total. The van der Waals surface area contributed by atoms with Gasteiger partial charge >= 0.3 is 5.97 Å². The molecule has 1 aromatic carbocycles. The van der Waals surface area contributed by atoms with Gasteiger partial charge in [-0.3, -0.25) is 0 Å². The molecular formula is C16H22BrNO2. The average Bonchev–Trinajstić information content (AvgIpc) is 2.46. The smallest absolute Gasteiger partial charge is 0.335 e. The SMILES string of the molecule is CCC1CCCCC1NCc1ccc(C(=O)O)cc1Br. The second kappa shape index (κ2) is 7.23. The third-order valence-corrected chi connectivity index (χ3v) is 5.03. The lowest BCUT2D eigenvalue weighted by atomic mass is 9.83. The number of halogens is 1. The van der Waals surface area contributed by atoms with Gasteiger partial charge < -0.3 is 10.4 Å². The second-order valence-corrected chi connectivity index (χ2v) is 6.41. The maximum atomic E-state index is 10.9. The van der Waals surface area contributed by atoms with E-state index in [9.17, 15) is 4.79 Å². The maximum Gasteiger partial charge on any atom is 0.335 e. The van der Waals surface area contributed by atoms with Crippen LogP contribution in [0.25, 0.3) is 0 Å². The monoisotopic (exact) mass is 339 g/mol. The van der Waals surface area contributed by atoms with E-state index >= 15 is 0 Å². The van der Waals surface area contributed by atoms with Gasteiger partial charge in [0.2, 0.25) is 0 Å². The molecular weight excluding hydrogens is 318 g/mol. The van der Waals surface area contributed by atoms with Crippen molar-refractivity contribution in [3.63, 3.8) is 0 Å². The Kier molecular flexibility index (Phi) is 5.61. The first-order valence-electron chi connectivity index (χ1n) is 7.37. The predicted molar refractivity (Wildman–Crippen MR) is 84.0 cm³/mol. The molecule has 20 heavy (non-hydrogen) atoms. The average molecular weight is 340 g/mol. The Labute approximate surface area is 128 Å². The van der Waals surface area contributed by atoms with Crippen molar-refractivity contribution >= 4 is 21.9 Å². The van der Waals surface area contributed by atoms with Gasteiger partial charge in [-0.1, -0.05) is 48.2 Å². The van der Waals surface area contributed by atoms with Gasteiger partial charge in [0.25, 0.3) is 0 Å². The van der Waals surface area contributed by atoms with Crippen molar-refractivity contribution in [3.8, 4) is 0 Å². The van der Waals surface area contributed by atoms with Crippen LogP contribution in [0.4, 0.5) is 0 Å². The van der Waals surface area contributed by atoms with Crippen LogP contribution in [0.1, 0.15) is 54.9 Å². The van der Waals surface area contributed by atoms with Gasteiger partial charge in [-0.2, -0.15) is 0 Å². The molecule has 0 radical (unpaired) electrons. The summed E-state index contributed by atoms with van der Waals surface area (Å²) in [6, 6.07) is 5.84. The first kappa shape index (κ1) is 15.5. The molecule has 2 atom stereocenters. The highest BCUT2D eigenvalue weighted by Crippen LogP contribution is 2.27. The van der Waals surface area contributed by atoms with E-state index in [1.54, 1.807) is 12.1 Å². The lowest BCUT2D eigenvalue weighted by Gasteiger charge is -2.31. The summed E-state index contributed by atoms with van der Waals surface area (Å²) in [5, 5.41) is 12.6. The summed E-state index contributed by atoms with van der Waals surface area (Å²) in [4.78, 5) is 10.9. The molecule has 0 aliphatic heterocycles. The highest BCUT2D eigenvalue weighted by molar-refractivity contribution is 9.10. The van der Waals surface area contributed by atoms with Crippen molar-refractivity contribution in [2.45, 2.75) is 51.6 Å². The molecule has 0 heterocycles. The molecule has 1 saturated carbocycles. The molecule has 2 unspecified atom stereocenters. The first-order chi connectivity index (χ1) is 9.61. The summed E-state index contributed by atoms with van der Waals surface area (Å²) in [6.07, 6.45) is 6.48. The van der Waals surface area contributed by atoms with Crippen LogP contribution in [-0.4, -0.2) is 17.1 Å². The van der Waals surface area contributed by atoms with Crippen molar-refractivity contribution in [2.75, 3.05) is 0 Å². The largest absolute Gasteiger partial charge is 0.478 e. The van der Waals surface area contributed by atoms with Crippen molar-refractivity contribution in [3.05, 3.63) is 33.8 Å². The number of benzene rings is 1. The van der Waals surface area contributed by atoms with Gasteiger partial charge in [-0.05, 0) is 36.5 Å². The minimum Gasteiger partial charge on any atom is -0.478 e. The number of rotatable bonds is 5. The van der Waals surface area contributed by atoms with Gasteiger partial charge in [-0.15, -0.1) is 0 Å². The summed E-state index contributed by atoms with van der Waals surface area (Å²) in [7, 11) is 0. The number of carboxylic acids is 1. The molecule has 110 valence electrons. The molecule has 0 aromatic heterocycles. The lowest BCUT2D eigenvalue weighted by molar-refractivity contribution is 0.0697. The van der Waals surface area contributed by atoms with Gasteiger partial charge in [0.1, 0.15) is 0 Å². The Morgan fingerprint density at radius 2 is 2.15 bits per heavy atom. The molecule has 1 aliphatic rings. The lowest BCUT2D eigenvalue weighted by Crippen LogP contribution is -2.37. The number of hydrogen-bond acceptors (Lipinski definition) is 2. The van der Waals surface area contributed by atoms with Gasteiger partial charge in [0.05, 0.1) is 5.56 Å². The Balaban J connectivity index is 1.98. The zero-order chi connectivity index (χ0) is 14.5. The van der Waals surface area contributed by atoms with Crippen LogP contribution in [0.15, 0.2) is 22.7 Å². The number of nitrogens with one attached hydrogen (secondary N) is 1. The van der Waals surface area contributed by atoms with Crippen molar-refractivity contribution < 1.29 is 9.90 Å². The third kappa shape index (κ3) is 3.83. The minimum absolute atomic E-state index is 0.324. The normalized spacial score (nSPS) is 22.7. The van der Waals surface area contributed by atoms with E-state index in [0.717, 1.165) is 22.5 Å². The number of aromatic carboxylic acids is 1. The van der Waals surface area contributed by atoms with E-state index in [2.05, 4.69) is 28.2 Å². The summed E-state index contributed by atoms with van der Waals surface area (Å²) in [6.45, 7) is 3.06. The Hall–Kier alpha value is -0.870. The summed E-state index contributed by atoms with van der Waals surface area (Å²) >= 11 is 3.47. The van der Waals surface area contributed by atoms with Crippen molar-refractivity contribution in [1.82, 2.24) is 5.32 Å². The van der Waals surface area contributed by atoms with E-state index in [1.807, 2.05) is 6.07 Å². The van der Waals surface area contributed by atoms with Crippen LogP contribution in [0.2, 0.25) is 0 Å². The fourth-order valence-corrected chi connectivity index (χ4v) is 3.55. The maximum absolute atomic E-state index is 10.9. The molecule has 1 aromatic rings. The predicted octanol–water partition coefficient (Wildman–Crippen LogP) is 4.21. The zero-order valence-electron chi connectivity index (χ0n) is 11.9. The fraction of sp³-hybridized carbons (Fsp3) is 0.562. The molecule has 1 fully saturated rings. The van der Waals surface area contributed by atoms with E-state index in [-0.39, 0.29) is 0 Å². The molecule has 1 aliphatic carbocycles. The summed E-state index contributed by atoms with van der Waals surface area (Å²) in [5.74, 6) is -0.107. The van der Waals surface area contributed by atoms with Crippen molar-refractivity contribution in [2.24, 2.45) is 5.92 Å². The molecule has 3 nitrogen and oxygen atoms in total. The quantitative estimate of drug-likeness (QED) is 0.844. The van der Waals surface area contributed by atoms with Crippen LogP contribution in [0.5, 0.6) is 0 Å². The second-order valence-electron chi connectivity index (χ2n) is 5.55.